The lowest BCUT2D eigenvalue weighted by Crippen LogP contribution is -2.41. The maximum Gasteiger partial charge on any atom is 0.417 e. The number of carbonyl (C=O) groups is 1. The first-order valence-corrected chi connectivity index (χ1v) is 12.4. The number of carbonyl (C=O) groups excluding carboxylic acids is 1. The summed E-state index contributed by atoms with van der Waals surface area (Å²) >= 11 is 4.48. The second kappa shape index (κ2) is 8.87. The van der Waals surface area contributed by atoms with Crippen LogP contribution in [0, 0.1) is 5.92 Å². The van der Waals surface area contributed by atoms with Gasteiger partial charge in [0, 0.05) is 28.1 Å². The number of methoxy groups -OCH3 is 1. The number of halogens is 4. The van der Waals surface area contributed by atoms with Crippen molar-refractivity contribution in [2.45, 2.75) is 37.5 Å². The van der Waals surface area contributed by atoms with Crippen LogP contribution >= 0.6 is 27.7 Å². The minimum Gasteiger partial charge on any atom is -0.465 e. The number of nitrogens with zero attached hydrogens (tertiary/aromatic N) is 3. The predicted octanol–water partition coefficient (Wildman–Crippen LogP) is 6.54. The Bertz CT molecular complexity index is 1230. The van der Waals surface area contributed by atoms with Crippen LogP contribution in [0.5, 0.6) is 0 Å². The van der Waals surface area contributed by atoms with Gasteiger partial charge < -0.3 is 14.2 Å². The van der Waals surface area contributed by atoms with Gasteiger partial charge >= 0.3 is 12.1 Å². The van der Waals surface area contributed by atoms with Crippen LogP contribution in [0.1, 0.15) is 41.6 Å². The SMILES string of the molecule is COC(=O)c1cc2nc3n(c2cc1SC)CCN(c1ccc(Br)c(C(F)(F)F)c1)C3C(C)C. The summed E-state index contributed by atoms with van der Waals surface area (Å²) in [7, 11) is 1.34. The van der Waals surface area contributed by atoms with E-state index in [1.807, 2.05) is 31.1 Å². The molecule has 0 saturated carbocycles. The Balaban J connectivity index is 1.85. The minimum atomic E-state index is -4.45. The van der Waals surface area contributed by atoms with E-state index in [9.17, 15) is 18.0 Å². The molecule has 0 aliphatic carbocycles. The van der Waals surface area contributed by atoms with E-state index in [0.717, 1.165) is 16.2 Å². The first-order chi connectivity index (χ1) is 15.6. The predicted molar refractivity (Wildman–Crippen MR) is 127 cm³/mol. The summed E-state index contributed by atoms with van der Waals surface area (Å²) in [6.45, 7) is 5.16. The third-order valence-corrected chi connectivity index (χ3v) is 7.36. The zero-order chi connectivity index (χ0) is 24.1. The molecule has 2 aromatic carbocycles. The molecule has 0 radical (unpaired) electrons. The molecule has 0 bridgehead atoms. The summed E-state index contributed by atoms with van der Waals surface area (Å²) in [5.74, 6) is 0.430. The van der Waals surface area contributed by atoms with Crippen molar-refractivity contribution < 1.29 is 22.7 Å². The van der Waals surface area contributed by atoms with Gasteiger partial charge in [-0.1, -0.05) is 29.8 Å². The quantitative estimate of drug-likeness (QED) is 0.277. The van der Waals surface area contributed by atoms with Gasteiger partial charge in [0.05, 0.1) is 35.3 Å². The van der Waals surface area contributed by atoms with E-state index >= 15 is 0 Å². The number of anilines is 1. The number of hydrogen-bond donors (Lipinski definition) is 0. The number of hydrogen-bond acceptors (Lipinski definition) is 5. The van der Waals surface area contributed by atoms with E-state index in [0.29, 0.717) is 29.9 Å². The van der Waals surface area contributed by atoms with Crippen LogP contribution in [0.15, 0.2) is 39.7 Å². The van der Waals surface area contributed by atoms with Crippen molar-refractivity contribution in [3.8, 4) is 0 Å². The van der Waals surface area contributed by atoms with E-state index in [1.165, 1.54) is 31.0 Å². The van der Waals surface area contributed by atoms with Crippen molar-refractivity contribution in [3.05, 3.63) is 51.8 Å². The van der Waals surface area contributed by atoms with E-state index in [1.54, 1.807) is 12.1 Å². The summed E-state index contributed by atoms with van der Waals surface area (Å²) in [5.41, 5.74) is 1.83. The van der Waals surface area contributed by atoms with Gasteiger partial charge in [-0.2, -0.15) is 13.2 Å². The lowest BCUT2D eigenvalue weighted by molar-refractivity contribution is -0.138. The first-order valence-electron chi connectivity index (χ1n) is 10.4. The summed E-state index contributed by atoms with van der Waals surface area (Å²) < 4.78 is 47.6. The molecule has 0 spiro atoms. The third kappa shape index (κ3) is 4.23. The number of benzene rings is 2. The maximum absolute atomic E-state index is 13.5. The smallest absolute Gasteiger partial charge is 0.417 e. The third-order valence-electron chi connectivity index (χ3n) is 5.89. The molecule has 0 saturated heterocycles. The Labute approximate surface area is 202 Å². The van der Waals surface area contributed by atoms with Crippen LogP contribution in [0.4, 0.5) is 18.9 Å². The monoisotopic (exact) mass is 541 g/mol. The fourth-order valence-electron chi connectivity index (χ4n) is 4.41. The summed E-state index contributed by atoms with van der Waals surface area (Å²) in [4.78, 5) is 19.9. The standard InChI is InChI=1S/C23H23BrF3N3O2S/c1-12(2)20-21-28-17-10-14(22(31)32-3)19(33-4)11-18(17)30(21)8-7-29(20)13-5-6-16(24)15(9-13)23(25,26)27/h5-6,9-12,20H,7-8H2,1-4H3. The highest BCUT2D eigenvalue weighted by Crippen LogP contribution is 2.42. The van der Waals surface area contributed by atoms with E-state index in [4.69, 9.17) is 9.72 Å². The molecule has 10 heteroatoms. The van der Waals surface area contributed by atoms with Crippen molar-refractivity contribution in [1.82, 2.24) is 9.55 Å². The van der Waals surface area contributed by atoms with Crippen molar-refractivity contribution in [2.75, 3.05) is 24.8 Å². The Hall–Kier alpha value is -2.20. The molecule has 1 aliphatic rings. The largest absolute Gasteiger partial charge is 0.465 e. The zero-order valence-corrected chi connectivity index (χ0v) is 20.9. The average molecular weight is 542 g/mol. The van der Waals surface area contributed by atoms with Crippen LogP contribution in [0.25, 0.3) is 11.0 Å². The molecule has 2 heterocycles. The number of alkyl halides is 3. The zero-order valence-electron chi connectivity index (χ0n) is 18.5. The Morgan fingerprint density at radius 1 is 1.24 bits per heavy atom. The lowest BCUT2D eigenvalue weighted by Gasteiger charge is -2.40. The molecule has 0 amide bonds. The molecule has 5 nitrogen and oxygen atoms in total. The van der Waals surface area contributed by atoms with Gasteiger partial charge in [0.2, 0.25) is 0 Å². The van der Waals surface area contributed by atoms with E-state index in [-0.39, 0.29) is 16.4 Å². The molecule has 4 rings (SSSR count). The van der Waals surface area contributed by atoms with Crippen molar-refractivity contribution in [1.29, 1.82) is 0 Å². The summed E-state index contributed by atoms with van der Waals surface area (Å²) in [5, 5.41) is 0. The molecule has 1 atom stereocenters. The van der Waals surface area contributed by atoms with Crippen molar-refractivity contribution in [2.24, 2.45) is 5.92 Å². The number of rotatable bonds is 4. The highest BCUT2D eigenvalue weighted by molar-refractivity contribution is 9.10. The van der Waals surface area contributed by atoms with Gasteiger partial charge in [-0.15, -0.1) is 11.8 Å². The summed E-state index contributed by atoms with van der Waals surface area (Å²) in [6.07, 6.45) is -2.56. The maximum atomic E-state index is 13.5. The van der Waals surface area contributed by atoms with Crippen LogP contribution in [0.2, 0.25) is 0 Å². The van der Waals surface area contributed by atoms with Crippen LogP contribution in [-0.2, 0) is 17.5 Å². The minimum absolute atomic E-state index is 0.0176. The van der Waals surface area contributed by atoms with Crippen LogP contribution in [-0.4, -0.2) is 35.4 Å². The molecule has 176 valence electrons. The molecular formula is C23H23BrF3N3O2S. The summed E-state index contributed by atoms with van der Waals surface area (Å²) in [6, 6.07) is 7.79. The highest BCUT2D eigenvalue weighted by atomic mass is 79.9. The number of aromatic nitrogens is 2. The number of esters is 1. The molecular weight excluding hydrogens is 519 g/mol. The van der Waals surface area contributed by atoms with Crippen LogP contribution < -0.4 is 4.90 Å². The second-order valence-corrected chi connectivity index (χ2v) is 9.90. The molecule has 1 aromatic heterocycles. The van der Waals surface area contributed by atoms with Crippen molar-refractivity contribution in [3.63, 3.8) is 0 Å². The number of imidazole rings is 1. The molecule has 1 unspecified atom stereocenters. The molecule has 0 N–H and O–H groups in total. The van der Waals surface area contributed by atoms with Gasteiger partial charge in [-0.05, 0) is 42.5 Å². The highest BCUT2D eigenvalue weighted by Gasteiger charge is 2.37. The molecule has 3 aromatic rings. The second-order valence-electron chi connectivity index (χ2n) is 8.20. The number of thioether (sulfide) groups is 1. The normalized spacial score (nSPS) is 16.4. The fraction of sp³-hybridized carbons (Fsp3) is 0.391. The fourth-order valence-corrected chi connectivity index (χ4v) is 5.48. The Morgan fingerprint density at radius 3 is 2.58 bits per heavy atom. The first kappa shape index (κ1) is 23.9. The molecule has 0 fully saturated rings. The van der Waals surface area contributed by atoms with Gasteiger partial charge in [0.1, 0.15) is 5.82 Å². The van der Waals surface area contributed by atoms with Gasteiger partial charge in [-0.3, -0.25) is 0 Å². The van der Waals surface area contributed by atoms with Gasteiger partial charge in [-0.25, -0.2) is 9.78 Å². The van der Waals surface area contributed by atoms with Crippen LogP contribution in [0.3, 0.4) is 0 Å². The average Bonchev–Trinajstić information content (AvgIpc) is 3.13. The molecule has 33 heavy (non-hydrogen) atoms. The number of ether oxygens (including phenoxy) is 1. The van der Waals surface area contributed by atoms with Gasteiger partial charge in [0.15, 0.2) is 0 Å². The molecule has 1 aliphatic heterocycles. The topological polar surface area (TPSA) is 47.4 Å². The Kier molecular flexibility index (Phi) is 6.43. The Morgan fingerprint density at radius 2 is 1.97 bits per heavy atom. The number of fused-ring (bicyclic) bond motifs is 3. The van der Waals surface area contributed by atoms with E-state index < -0.39 is 17.7 Å². The van der Waals surface area contributed by atoms with E-state index in [2.05, 4.69) is 20.5 Å². The van der Waals surface area contributed by atoms with Gasteiger partial charge in [0.25, 0.3) is 0 Å². The van der Waals surface area contributed by atoms with Crippen molar-refractivity contribution >= 4 is 50.4 Å². The lowest BCUT2D eigenvalue weighted by atomic mass is 9.98.